The van der Waals surface area contributed by atoms with Crippen LogP contribution in [0.15, 0.2) is 41.6 Å². The summed E-state index contributed by atoms with van der Waals surface area (Å²) in [5, 5.41) is 10.1. The lowest BCUT2D eigenvalue weighted by Gasteiger charge is -2.13. The molecule has 0 amide bonds. The van der Waals surface area contributed by atoms with Crippen LogP contribution in [0.2, 0.25) is 0 Å². The van der Waals surface area contributed by atoms with Crippen molar-refractivity contribution in [3.8, 4) is 11.8 Å². The summed E-state index contributed by atoms with van der Waals surface area (Å²) in [7, 11) is 3.10. The van der Waals surface area contributed by atoms with Crippen LogP contribution in [0.4, 0.5) is 0 Å². The average molecular weight is 320 g/mol. The van der Waals surface area contributed by atoms with Gasteiger partial charge in [-0.25, -0.2) is 0 Å². The lowest BCUT2D eigenvalue weighted by Crippen LogP contribution is -2.11. The topological polar surface area (TPSA) is 64.5 Å². The van der Waals surface area contributed by atoms with Crippen molar-refractivity contribution in [3.63, 3.8) is 0 Å². The van der Waals surface area contributed by atoms with E-state index < -0.39 is 0 Å². The zero-order chi connectivity index (χ0) is 15.8. The Bertz CT molecular complexity index is 559. The lowest BCUT2D eigenvalue weighted by molar-refractivity contribution is 0.290. The third-order valence-electron chi connectivity index (χ3n) is 3.15. The standard InChI is InChI=1S/C16H20N2O3S/c1-20-14-10-15(21-2)18-16(17-14)22-13(11-19)9-8-12-6-4-3-5-7-12/h3-7,10,13,19H,8-9,11H2,1-2H3. The number of hydrogen-bond donors (Lipinski definition) is 1. The van der Waals surface area contributed by atoms with Gasteiger partial charge in [0.1, 0.15) is 0 Å². The van der Waals surface area contributed by atoms with E-state index >= 15 is 0 Å². The van der Waals surface area contributed by atoms with Gasteiger partial charge in [0.05, 0.1) is 26.9 Å². The predicted octanol–water partition coefficient (Wildman–Crippen LogP) is 2.58. The SMILES string of the molecule is COc1cc(OC)nc(SC(CO)CCc2ccccc2)n1. The summed E-state index contributed by atoms with van der Waals surface area (Å²) in [6, 6.07) is 11.8. The van der Waals surface area contributed by atoms with Crippen LogP contribution in [-0.2, 0) is 6.42 Å². The molecule has 1 aromatic heterocycles. The van der Waals surface area contributed by atoms with Crippen LogP contribution in [0, 0.1) is 0 Å². The highest BCUT2D eigenvalue weighted by Crippen LogP contribution is 2.27. The molecule has 0 radical (unpaired) electrons. The van der Waals surface area contributed by atoms with E-state index in [0.29, 0.717) is 16.9 Å². The molecule has 2 aromatic rings. The molecular weight excluding hydrogens is 300 g/mol. The second-order valence-corrected chi connectivity index (χ2v) is 5.95. The number of aliphatic hydroxyl groups is 1. The quantitative estimate of drug-likeness (QED) is 0.596. The van der Waals surface area contributed by atoms with Crippen LogP contribution >= 0.6 is 11.8 Å². The molecule has 0 aliphatic rings. The highest BCUT2D eigenvalue weighted by Gasteiger charge is 2.14. The first-order chi connectivity index (χ1) is 10.7. The fourth-order valence-corrected chi connectivity index (χ4v) is 2.85. The van der Waals surface area contributed by atoms with E-state index in [1.807, 2.05) is 18.2 Å². The zero-order valence-electron chi connectivity index (χ0n) is 12.7. The third kappa shape index (κ3) is 4.89. The molecule has 0 bridgehead atoms. The zero-order valence-corrected chi connectivity index (χ0v) is 13.5. The number of ether oxygens (including phenoxy) is 2. The maximum absolute atomic E-state index is 9.58. The maximum Gasteiger partial charge on any atom is 0.220 e. The Morgan fingerprint density at radius 1 is 1.09 bits per heavy atom. The minimum absolute atomic E-state index is 0.0250. The van der Waals surface area contributed by atoms with Gasteiger partial charge in [-0.1, -0.05) is 42.1 Å². The first-order valence-electron chi connectivity index (χ1n) is 7.03. The largest absolute Gasteiger partial charge is 0.481 e. The Hall–Kier alpha value is -1.79. The van der Waals surface area contributed by atoms with Crippen molar-refractivity contribution in [1.82, 2.24) is 9.97 Å². The Labute approximate surface area is 134 Å². The van der Waals surface area contributed by atoms with Gasteiger partial charge in [0.15, 0.2) is 5.16 Å². The summed E-state index contributed by atoms with van der Waals surface area (Å²) >= 11 is 1.43. The van der Waals surface area contributed by atoms with Gasteiger partial charge in [0, 0.05) is 5.25 Å². The van der Waals surface area contributed by atoms with Crippen LogP contribution in [0.3, 0.4) is 0 Å². The molecule has 1 heterocycles. The predicted molar refractivity (Wildman–Crippen MR) is 86.6 cm³/mol. The van der Waals surface area contributed by atoms with E-state index in [2.05, 4.69) is 22.1 Å². The second-order valence-electron chi connectivity index (χ2n) is 4.68. The molecule has 5 nitrogen and oxygen atoms in total. The molecule has 0 fully saturated rings. The van der Waals surface area contributed by atoms with Crippen molar-refractivity contribution >= 4 is 11.8 Å². The summed E-state index contributed by atoms with van der Waals surface area (Å²) in [5.74, 6) is 0.906. The molecule has 0 saturated heterocycles. The molecule has 0 spiro atoms. The van der Waals surface area contributed by atoms with Crippen molar-refractivity contribution in [2.45, 2.75) is 23.2 Å². The van der Waals surface area contributed by atoms with Gasteiger partial charge in [-0.15, -0.1) is 0 Å². The fraction of sp³-hybridized carbons (Fsp3) is 0.375. The van der Waals surface area contributed by atoms with Gasteiger partial charge in [-0.3, -0.25) is 0 Å². The van der Waals surface area contributed by atoms with E-state index in [1.165, 1.54) is 17.3 Å². The minimum Gasteiger partial charge on any atom is -0.481 e. The molecule has 6 heteroatoms. The Morgan fingerprint density at radius 3 is 2.27 bits per heavy atom. The number of hydrogen-bond acceptors (Lipinski definition) is 6. The van der Waals surface area contributed by atoms with Gasteiger partial charge < -0.3 is 14.6 Å². The molecule has 2 rings (SSSR count). The number of methoxy groups -OCH3 is 2. The number of thioether (sulfide) groups is 1. The van der Waals surface area contributed by atoms with Crippen molar-refractivity contribution < 1.29 is 14.6 Å². The van der Waals surface area contributed by atoms with Crippen LogP contribution in [0.5, 0.6) is 11.8 Å². The normalized spacial score (nSPS) is 12.0. The Morgan fingerprint density at radius 2 is 1.73 bits per heavy atom. The smallest absolute Gasteiger partial charge is 0.220 e. The first kappa shape index (κ1) is 16.6. The Balaban J connectivity index is 2.00. The van der Waals surface area contributed by atoms with E-state index in [0.717, 1.165) is 12.8 Å². The molecule has 0 saturated carbocycles. The summed E-state index contributed by atoms with van der Waals surface area (Å²) in [4.78, 5) is 8.56. The third-order valence-corrected chi connectivity index (χ3v) is 4.26. The monoisotopic (exact) mass is 320 g/mol. The molecule has 118 valence electrons. The summed E-state index contributed by atoms with van der Waals surface area (Å²) in [6.07, 6.45) is 1.74. The highest BCUT2D eigenvalue weighted by molar-refractivity contribution is 7.99. The summed E-state index contributed by atoms with van der Waals surface area (Å²) in [5.41, 5.74) is 1.26. The molecule has 1 atom stereocenters. The van der Waals surface area contributed by atoms with Crippen LogP contribution in [0.1, 0.15) is 12.0 Å². The van der Waals surface area contributed by atoms with Crippen LogP contribution in [-0.4, -0.2) is 41.2 Å². The number of nitrogens with zero attached hydrogens (tertiary/aromatic N) is 2. The lowest BCUT2D eigenvalue weighted by atomic mass is 10.1. The molecule has 0 aliphatic heterocycles. The molecule has 0 aliphatic carbocycles. The van der Waals surface area contributed by atoms with Crippen molar-refractivity contribution in [2.24, 2.45) is 0 Å². The van der Waals surface area contributed by atoms with Crippen molar-refractivity contribution in [2.75, 3.05) is 20.8 Å². The van der Waals surface area contributed by atoms with Gasteiger partial charge in [0.2, 0.25) is 11.8 Å². The first-order valence-corrected chi connectivity index (χ1v) is 7.91. The highest BCUT2D eigenvalue weighted by atomic mass is 32.2. The van der Waals surface area contributed by atoms with E-state index in [1.54, 1.807) is 20.3 Å². The maximum atomic E-state index is 9.58. The fourth-order valence-electron chi connectivity index (χ4n) is 1.95. The number of rotatable bonds is 8. The summed E-state index contributed by atoms with van der Waals surface area (Å²) in [6.45, 7) is 0.0698. The number of aliphatic hydroxyl groups excluding tert-OH is 1. The van der Waals surface area contributed by atoms with Gasteiger partial charge in [-0.2, -0.15) is 9.97 Å². The van der Waals surface area contributed by atoms with Gasteiger partial charge in [-0.05, 0) is 18.4 Å². The van der Waals surface area contributed by atoms with Gasteiger partial charge in [0.25, 0.3) is 0 Å². The number of aromatic nitrogens is 2. The van der Waals surface area contributed by atoms with Gasteiger partial charge >= 0.3 is 0 Å². The second kappa shape index (κ2) is 8.60. The molecule has 22 heavy (non-hydrogen) atoms. The molecular formula is C16H20N2O3S. The number of benzene rings is 1. The van der Waals surface area contributed by atoms with E-state index in [4.69, 9.17) is 9.47 Å². The summed E-state index contributed by atoms with van der Waals surface area (Å²) < 4.78 is 10.3. The van der Waals surface area contributed by atoms with E-state index in [9.17, 15) is 5.11 Å². The molecule has 1 N–H and O–H groups in total. The molecule has 1 aromatic carbocycles. The van der Waals surface area contributed by atoms with E-state index in [-0.39, 0.29) is 11.9 Å². The minimum atomic E-state index is 0.0250. The van der Waals surface area contributed by atoms with Crippen LogP contribution < -0.4 is 9.47 Å². The number of aryl methyl sites for hydroxylation is 1. The van der Waals surface area contributed by atoms with Crippen LogP contribution in [0.25, 0.3) is 0 Å². The average Bonchev–Trinajstić information content (AvgIpc) is 2.59. The van der Waals surface area contributed by atoms with Crippen molar-refractivity contribution in [3.05, 3.63) is 42.0 Å². The Kier molecular flexibility index (Phi) is 6.48. The van der Waals surface area contributed by atoms with Crippen molar-refractivity contribution in [1.29, 1.82) is 0 Å². The molecule has 1 unspecified atom stereocenters.